The number of aromatic hydroxyl groups is 1. The molecule has 0 saturated carbocycles. The molecule has 1 aliphatic carbocycles. The predicted molar refractivity (Wildman–Crippen MR) is 102 cm³/mol. The van der Waals surface area contributed by atoms with Crippen molar-refractivity contribution in [1.29, 1.82) is 5.41 Å². The highest BCUT2D eigenvalue weighted by molar-refractivity contribution is 5.64. The number of rotatable bonds is 7. The largest absolute Gasteiger partial charge is 0.508 e. The van der Waals surface area contributed by atoms with Gasteiger partial charge in [-0.1, -0.05) is 32.1 Å². The molecule has 0 saturated heterocycles. The molecule has 0 fully saturated rings. The first kappa shape index (κ1) is 22.9. The number of aliphatic hydroxyl groups is 1. The molecular weight excluding hydrogens is 390 g/mol. The maximum atomic E-state index is 13.8. The lowest BCUT2D eigenvalue weighted by Gasteiger charge is -2.39. The van der Waals surface area contributed by atoms with E-state index in [-0.39, 0.29) is 5.56 Å². The highest BCUT2D eigenvalue weighted by atomic mass is 19.4. The number of phenolic OH excluding ortho intramolecular Hbond substituents is 1. The number of nitrogens with one attached hydrogen (secondary N) is 2. The fraction of sp³-hybridized carbons (Fsp3) is 0.450. The number of benzene rings is 1. The third-order valence-corrected chi connectivity index (χ3v) is 5.10. The highest BCUT2D eigenvalue weighted by Crippen LogP contribution is 2.43. The smallest absolute Gasteiger partial charge is 0.418 e. The second-order valence-corrected chi connectivity index (χ2v) is 7.88. The van der Waals surface area contributed by atoms with E-state index < -0.39 is 53.7 Å². The second-order valence-electron chi connectivity index (χ2n) is 7.88. The van der Waals surface area contributed by atoms with Crippen molar-refractivity contribution in [3.8, 4) is 5.75 Å². The van der Waals surface area contributed by atoms with Gasteiger partial charge in [0.1, 0.15) is 11.6 Å². The number of alkyl halides is 3. The van der Waals surface area contributed by atoms with Crippen molar-refractivity contribution in [1.82, 2.24) is 5.32 Å². The van der Waals surface area contributed by atoms with Crippen LogP contribution >= 0.6 is 0 Å². The van der Waals surface area contributed by atoms with Gasteiger partial charge in [0, 0.05) is 24.0 Å². The summed E-state index contributed by atoms with van der Waals surface area (Å²) in [6.07, 6.45) is -0.0509. The standard InChI is InChI=1S/C20H25F4N3O2/c1-18(2,14-7-6-12(21)8-17(14)28)10-19(29,20(22,23)24)11-27-16-5-3-4-15(26)13(16)9-25/h3-9,13,15,25,27-29H,10-11,26H2,1-2H3. The molecule has 1 aromatic rings. The third-order valence-electron chi connectivity index (χ3n) is 5.10. The Labute approximate surface area is 166 Å². The van der Waals surface area contributed by atoms with Crippen molar-refractivity contribution in [2.24, 2.45) is 11.7 Å². The van der Waals surface area contributed by atoms with Crippen molar-refractivity contribution >= 4 is 6.21 Å². The molecule has 2 rings (SSSR count). The van der Waals surface area contributed by atoms with E-state index in [1.54, 1.807) is 12.2 Å². The summed E-state index contributed by atoms with van der Waals surface area (Å²) in [5, 5.41) is 30.6. The van der Waals surface area contributed by atoms with Gasteiger partial charge in [-0.2, -0.15) is 13.2 Å². The van der Waals surface area contributed by atoms with Gasteiger partial charge in [0.15, 0.2) is 5.60 Å². The van der Waals surface area contributed by atoms with Gasteiger partial charge < -0.3 is 26.7 Å². The van der Waals surface area contributed by atoms with Crippen LogP contribution in [0.4, 0.5) is 17.6 Å². The van der Waals surface area contributed by atoms with Crippen LogP contribution < -0.4 is 11.1 Å². The van der Waals surface area contributed by atoms with Crippen molar-refractivity contribution < 1.29 is 27.8 Å². The number of hydrogen-bond donors (Lipinski definition) is 5. The van der Waals surface area contributed by atoms with E-state index in [2.05, 4.69) is 5.32 Å². The van der Waals surface area contributed by atoms with E-state index in [0.717, 1.165) is 18.3 Å². The van der Waals surface area contributed by atoms with Crippen LogP contribution in [0.15, 0.2) is 42.1 Å². The van der Waals surface area contributed by atoms with Crippen molar-refractivity contribution in [3.63, 3.8) is 0 Å². The van der Waals surface area contributed by atoms with Crippen LogP contribution in [0.5, 0.6) is 5.75 Å². The molecule has 0 aliphatic heterocycles. The summed E-state index contributed by atoms with van der Waals surface area (Å²) in [5.41, 5.74) is 1.74. The molecule has 160 valence electrons. The SMILES string of the molecule is CC(C)(CC(O)(CNC1=CC=CC(N)C1C=N)C(F)(F)F)c1ccc(F)cc1O. The maximum Gasteiger partial charge on any atom is 0.418 e. The summed E-state index contributed by atoms with van der Waals surface area (Å²) >= 11 is 0. The Morgan fingerprint density at radius 2 is 1.93 bits per heavy atom. The van der Waals surface area contributed by atoms with Crippen LogP contribution in [0.3, 0.4) is 0 Å². The van der Waals surface area contributed by atoms with E-state index in [9.17, 15) is 27.8 Å². The summed E-state index contributed by atoms with van der Waals surface area (Å²) in [4.78, 5) is 0. The lowest BCUT2D eigenvalue weighted by Crippen LogP contribution is -2.56. The topological polar surface area (TPSA) is 102 Å². The molecule has 1 aliphatic rings. The zero-order valence-electron chi connectivity index (χ0n) is 16.1. The van der Waals surface area contributed by atoms with Crippen molar-refractivity contribution in [3.05, 3.63) is 53.5 Å². The fourth-order valence-corrected chi connectivity index (χ4v) is 3.52. The molecule has 0 amide bonds. The van der Waals surface area contributed by atoms with Gasteiger partial charge in [0.05, 0.1) is 12.5 Å². The highest BCUT2D eigenvalue weighted by Gasteiger charge is 2.56. The molecule has 3 atom stereocenters. The molecule has 0 spiro atoms. The molecule has 29 heavy (non-hydrogen) atoms. The molecule has 0 aromatic heterocycles. The molecular formula is C20H25F4N3O2. The summed E-state index contributed by atoms with van der Waals surface area (Å²) in [6.45, 7) is 1.98. The van der Waals surface area contributed by atoms with Crippen molar-refractivity contribution in [2.45, 2.75) is 43.5 Å². The van der Waals surface area contributed by atoms with Gasteiger partial charge in [-0.25, -0.2) is 4.39 Å². The minimum Gasteiger partial charge on any atom is -0.508 e. The van der Waals surface area contributed by atoms with Gasteiger partial charge >= 0.3 is 6.18 Å². The number of allylic oxidation sites excluding steroid dienone is 2. The lowest BCUT2D eigenvalue weighted by molar-refractivity contribution is -0.264. The summed E-state index contributed by atoms with van der Waals surface area (Å²) < 4.78 is 54.7. The molecule has 6 N–H and O–H groups in total. The second kappa shape index (κ2) is 8.16. The van der Waals surface area contributed by atoms with Gasteiger partial charge in [-0.15, -0.1) is 0 Å². The van der Waals surface area contributed by atoms with Crippen LogP contribution in [0.25, 0.3) is 0 Å². The zero-order valence-corrected chi connectivity index (χ0v) is 16.1. The Morgan fingerprint density at radius 3 is 2.48 bits per heavy atom. The molecule has 9 heteroatoms. The minimum atomic E-state index is -4.99. The Morgan fingerprint density at radius 1 is 1.28 bits per heavy atom. The quantitative estimate of drug-likeness (QED) is 0.349. The van der Waals surface area contributed by atoms with Crippen molar-refractivity contribution in [2.75, 3.05) is 6.54 Å². The van der Waals surface area contributed by atoms with Gasteiger partial charge in [-0.05, 0) is 29.5 Å². The average molecular weight is 415 g/mol. The van der Waals surface area contributed by atoms with Crippen LogP contribution in [-0.4, -0.2) is 40.8 Å². The summed E-state index contributed by atoms with van der Waals surface area (Å²) in [5.74, 6) is -1.84. The lowest BCUT2D eigenvalue weighted by atomic mass is 9.74. The van der Waals surface area contributed by atoms with Gasteiger partial charge in [-0.3, -0.25) is 0 Å². The molecule has 0 radical (unpaired) electrons. The van der Waals surface area contributed by atoms with E-state index in [1.807, 2.05) is 0 Å². The molecule has 3 unspecified atom stereocenters. The summed E-state index contributed by atoms with van der Waals surface area (Å²) in [7, 11) is 0. The Balaban J connectivity index is 2.29. The first-order chi connectivity index (χ1) is 13.3. The fourth-order valence-electron chi connectivity index (χ4n) is 3.52. The first-order valence-corrected chi connectivity index (χ1v) is 8.97. The first-order valence-electron chi connectivity index (χ1n) is 8.97. The van der Waals surface area contributed by atoms with E-state index in [1.165, 1.54) is 26.0 Å². The Bertz CT molecular complexity index is 820. The monoisotopic (exact) mass is 415 g/mol. The Hall–Kier alpha value is -2.39. The number of halogens is 4. The number of nitrogens with two attached hydrogens (primary N) is 1. The minimum absolute atomic E-state index is 0.0841. The maximum absolute atomic E-state index is 13.8. The number of hydrogen-bond acceptors (Lipinski definition) is 5. The zero-order chi connectivity index (χ0) is 22.0. The van der Waals surface area contributed by atoms with Gasteiger partial charge in [0.2, 0.25) is 0 Å². The van der Waals surface area contributed by atoms with E-state index >= 15 is 0 Å². The van der Waals surface area contributed by atoms with E-state index in [4.69, 9.17) is 11.1 Å². The Kier molecular flexibility index (Phi) is 6.44. The number of phenols is 1. The molecule has 1 aromatic carbocycles. The van der Waals surface area contributed by atoms with Crippen LogP contribution in [0.1, 0.15) is 25.8 Å². The molecule has 0 bridgehead atoms. The van der Waals surface area contributed by atoms with Crippen LogP contribution in [0.2, 0.25) is 0 Å². The van der Waals surface area contributed by atoms with Crippen LogP contribution in [0, 0.1) is 17.1 Å². The third kappa shape index (κ3) is 4.97. The van der Waals surface area contributed by atoms with Crippen LogP contribution in [-0.2, 0) is 5.41 Å². The van der Waals surface area contributed by atoms with Gasteiger partial charge in [0.25, 0.3) is 0 Å². The van der Waals surface area contributed by atoms with E-state index in [0.29, 0.717) is 5.70 Å². The molecule has 5 nitrogen and oxygen atoms in total. The average Bonchev–Trinajstić information content (AvgIpc) is 2.58. The summed E-state index contributed by atoms with van der Waals surface area (Å²) in [6, 6.07) is 2.49. The predicted octanol–water partition coefficient (Wildman–Crippen LogP) is 3.13. The molecule has 0 heterocycles. The normalized spacial score (nSPS) is 22.0.